The summed E-state index contributed by atoms with van der Waals surface area (Å²) in [5.41, 5.74) is 9.67. The Labute approximate surface area is 261 Å². The van der Waals surface area contributed by atoms with Crippen molar-refractivity contribution >= 4 is 66.6 Å². The molecule has 0 saturated heterocycles. The minimum absolute atomic E-state index is 0.140. The number of benzene rings is 6. The van der Waals surface area contributed by atoms with E-state index in [-0.39, 0.29) is 6.61 Å². The molecule has 0 amide bonds. The van der Waals surface area contributed by atoms with Crippen LogP contribution in [-0.2, 0) is 6.61 Å². The first-order valence-corrected chi connectivity index (χ1v) is 15.1. The number of aryl methyl sites for hydroxylation is 1. The smallest absolute Gasteiger partial charge is 0.0681 e. The second-order valence-electron chi connectivity index (χ2n) is 11.2. The van der Waals surface area contributed by atoms with Crippen molar-refractivity contribution in [2.24, 2.45) is 0 Å². The van der Waals surface area contributed by atoms with Gasteiger partial charge in [-0.25, -0.2) is 0 Å². The van der Waals surface area contributed by atoms with Gasteiger partial charge in [0, 0.05) is 32.6 Å². The molecule has 0 saturated carbocycles. The van der Waals surface area contributed by atoms with Crippen molar-refractivity contribution in [2.45, 2.75) is 13.5 Å². The van der Waals surface area contributed by atoms with Crippen LogP contribution < -0.4 is 0 Å². The maximum atomic E-state index is 8.54. The number of rotatable bonds is 2. The average molecular weight is 584 g/mol. The summed E-state index contributed by atoms with van der Waals surface area (Å²) >= 11 is 0. The first kappa shape index (κ1) is 28.1. The second kappa shape index (κ2) is 11.8. The highest BCUT2D eigenvalue weighted by Crippen LogP contribution is 2.40. The van der Waals surface area contributed by atoms with E-state index in [1.54, 1.807) is 0 Å². The molecule has 0 bridgehead atoms. The molecule has 0 aliphatic carbocycles. The van der Waals surface area contributed by atoms with Crippen molar-refractivity contribution in [1.29, 1.82) is 5.41 Å². The van der Waals surface area contributed by atoms with E-state index in [9.17, 15) is 0 Å². The fourth-order valence-electron chi connectivity index (χ4n) is 6.58. The Kier molecular flexibility index (Phi) is 7.34. The molecule has 45 heavy (non-hydrogen) atoms. The lowest BCUT2D eigenvalue weighted by Gasteiger charge is -2.10. The van der Waals surface area contributed by atoms with Crippen LogP contribution in [0.5, 0.6) is 0 Å². The maximum Gasteiger partial charge on any atom is 0.0681 e. The number of hydrogen-bond donors (Lipinski definition) is 2. The predicted molar refractivity (Wildman–Crippen MR) is 191 cm³/mol. The molecule has 4 heteroatoms. The van der Waals surface area contributed by atoms with Gasteiger partial charge < -0.3 is 19.5 Å². The molecule has 0 fully saturated rings. The van der Waals surface area contributed by atoms with Crippen molar-refractivity contribution in [3.05, 3.63) is 157 Å². The third-order valence-corrected chi connectivity index (χ3v) is 8.57. The maximum absolute atomic E-state index is 8.54. The fourth-order valence-corrected chi connectivity index (χ4v) is 6.58. The summed E-state index contributed by atoms with van der Waals surface area (Å²) in [6.07, 6.45) is 0. The summed E-state index contributed by atoms with van der Waals surface area (Å²) < 4.78 is 4.89. The van der Waals surface area contributed by atoms with Gasteiger partial charge in [-0.05, 0) is 61.0 Å². The Morgan fingerprint density at radius 2 is 1.04 bits per heavy atom. The molecule has 4 nitrogen and oxygen atoms in total. The Morgan fingerprint density at radius 1 is 0.511 bits per heavy atom. The largest absolute Gasteiger partial charge is 0.392 e. The molecule has 9 aromatic rings. The van der Waals surface area contributed by atoms with Crippen molar-refractivity contribution < 1.29 is 5.11 Å². The van der Waals surface area contributed by atoms with Crippen LogP contribution >= 0.6 is 0 Å². The van der Waals surface area contributed by atoms with E-state index >= 15 is 0 Å². The van der Waals surface area contributed by atoms with Gasteiger partial charge in [-0.1, -0.05) is 115 Å². The van der Waals surface area contributed by atoms with E-state index in [1.807, 2.05) is 30.3 Å². The zero-order valence-electron chi connectivity index (χ0n) is 25.1. The first-order chi connectivity index (χ1) is 22.2. The second-order valence-corrected chi connectivity index (χ2v) is 11.2. The van der Waals surface area contributed by atoms with Crippen molar-refractivity contribution in [1.82, 2.24) is 8.97 Å². The zero-order valence-corrected chi connectivity index (χ0v) is 25.1. The number of para-hydroxylation sites is 2. The van der Waals surface area contributed by atoms with Gasteiger partial charge in [0.15, 0.2) is 0 Å². The molecule has 0 unspecified atom stereocenters. The lowest BCUT2D eigenvalue weighted by molar-refractivity contribution is 0.282. The zero-order chi connectivity index (χ0) is 30.9. The number of fused-ring (bicyclic) bond motifs is 12. The number of nitrogens with zero attached hydrogens (tertiary/aromatic N) is 2. The van der Waals surface area contributed by atoms with E-state index in [0.717, 1.165) is 5.56 Å². The molecule has 0 spiro atoms. The molecule has 2 N–H and O–H groups in total. The molecule has 0 aliphatic rings. The van der Waals surface area contributed by atoms with E-state index in [4.69, 9.17) is 10.5 Å². The minimum Gasteiger partial charge on any atom is -0.392 e. The summed E-state index contributed by atoms with van der Waals surface area (Å²) in [4.78, 5) is 0. The van der Waals surface area contributed by atoms with Gasteiger partial charge in [-0.15, -0.1) is 0 Å². The van der Waals surface area contributed by atoms with Crippen LogP contribution in [0.4, 0.5) is 0 Å². The normalized spacial score (nSPS) is 11.2. The third kappa shape index (κ3) is 4.64. The quantitative estimate of drug-likeness (QED) is 0.154. The molecule has 9 rings (SSSR count). The van der Waals surface area contributed by atoms with Crippen molar-refractivity contribution in [2.75, 3.05) is 0 Å². The van der Waals surface area contributed by atoms with E-state index in [1.165, 1.54) is 71.2 Å². The number of aliphatic hydroxyl groups is 1. The molecule has 3 aromatic heterocycles. The highest BCUT2D eigenvalue weighted by molar-refractivity contribution is 6.22. The highest BCUT2D eigenvalue weighted by atomic mass is 16.3. The molecule has 218 valence electrons. The van der Waals surface area contributed by atoms with E-state index in [2.05, 4.69) is 138 Å². The molecule has 0 radical (unpaired) electrons. The Bertz CT molecular complexity index is 2450. The molecule has 0 atom stereocenters. The van der Waals surface area contributed by atoms with Crippen molar-refractivity contribution in [3.8, 4) is 5.69 Å². The van der Waals surface area contributed by atoms with Crippen LogP contribution in [-0.4, -0.2) is 20.8 Å². The SMILES string of the molecule is C=N.Cc1ccc(-n2c3ccccc3c3ccc4c(cc5c6ccccc6c6ccccc6n54)c32)cc1.OCc1ccccc1. The van der Waals surface area contributed by atoms with Crippen molar-refractivity contribution in [3.63, 3.8) is 0 Å². The predicted octanol–water partition coefficient (Wildman–Crippen LogP) is 10.2. The van der Waals surface area contributed by atoms with E-state index < -0.39 is 0 Å². The van der Waals surface area contributed by atoms with Gasteiger partial charge in [0.2, 0.25) is 0 Å². The van der Waals surface area contributed by atoms with Gasteiger partial charge in [0.05, 0.1) is 34.2 Å². The number of pyridine rings is 1. The van der Waals surface area contributed by atoms with Crippen LogP contribution in [0, 0.1) is 12.3 Å². The Balaban J connectivity index is 0.000000283. The summed E-state index contributed by atoms with van der Waals surface area (Å²) in [6, 6.07) is 51.7. The third-order valence-electron chi connectivity index (χ3n) is 8.57. The van der Waals surface area contributed by atoms with Crippen LogP contribution in [0.25, 0.3) is 65.6 Å². The molecule has 0 aliphatic heterocycles. The van der Waals surface area contributed by atoms with E-state index in [0.29, 0.717) is 0 Å². The molecular weight excluding hydrogens is 550 g/mol. The van der Waals surface area contributed by atoms with Crippen LogP contribution in [0.15, 0.2) is 146 Å². The molecule has 3 heterocycles. The molecular formula is C41H33N3O. The molecule has 6 aromatic carbocycles. The number of nitrogens with one attached hydrogen (secondary N) is 1. The lowest BCUT2D eigenvalue weighted by Crippen LogP contribution is -1.94. The van der Waals surface area contributed by atoms with Gasteiger partial charge >= 0.3 is 0 Å². The summed E-state index contributed by atoms with van der Waals surface area (Å²) in [5, 5.41) is 21.8. The fraction of sp³-hybridized carbons (Fsp3) is 0.0488. The Hall–Kier alpha value is -5.71. The summed E-state index contributed by atoms with van der Waals surface area (Å²) in [6.45, 7) is 4.78. The Morgan fingerprint density at radius 3 is 1.69 bits per heavy atom. The average Bonchev–Trinajstić information content (AvgIpc) is 3.67. The minimum atomic E-state index is 0.140. The van der Waals surface area contributed by atoms with Gasteiger partial charge in [0.1, 0.15) is 0 Å². The monoisotopic (exact) mass is 583 g/mol. The van der Waals surface area contributed by atoms with Gasteiger partial charge in [0.25, 0.3) is 0 Å². The lowest BCUT2D eigenvalue weighted by atomic mass is 10.1. The topological polar surface area (TPSA) is 53.4 Å². The van der Waals surface area contributed by atoms with Gasteiger partial charge in [-0.2, -0.15) is 0 Å². The number of aliphatic hydroxyl groups excluding tert-OH is 1. The first-order valence-electron chi connectivity index (χ1n) is 15.1. The number of aromatic nitrogens is 2. The van der Waals surface area contributed by atoms with Gasteiger partial charge in [-0.3, -0.25) is 0 Å². The number of hydrogen-bond acceptors (Lipinski definition) is 2. The summed E-state index contributed by atoms with van der Waals surface area (Å²) in [5.74, 6) is 0. The van der Waals surface area contributed by atoms with Crippen LogP contribution in [0.2, 0.25) is 0 Å². The van der Waals surface area contributed by atoms with Crippen LogP contribution in [0.1, 0.15) is 11.1 Å². The highest BCUT2D eigenvalue weighted by Gasteiger charge is 2.18. The standard InChI is InChI=1S/C33H22N2.C7H8O.CH3N/c1-21-14-16-22(17-15-21)34-29-12-6-5-11-26(29)27-18-19-31-28(33(27)34)20-32-25-10-3-2-8-23(25)24-9-4-7-13-30(24)35(31)32;8-6-7-4-2-1-3-5-7;1-2/h2-20H,1H3;1-5,8H,6H2;2H,1H2. The van der Waals surface area contributed by atoms with Crippen LogP contribution in [0.3, 0.4) is 0 Å². The summed E-state index contributed by atoms with van der Waals surface area (Å²) in [7, 11) is 0.